The number of rotatable bonds is 7. The van der Waals surface area contributed by atoms with E-state index < -0.39 is 0 Å². The number of carbonyl (C=O) groups excluding carboxylic acids is 2. The first-order valence-electron chi connectivity index (χ1n) is 12.9. The Morgan fingerprint density at radius 2 is 1.47 bits per heavy atom. The quantitative estimate of drug-likeness (QED) is 0.640. The summed E-state index contributed by atoms with van der Waals surface area (Å²) in [5.41, 5.74) is 0. The van der Waals surface area contributed by atoms with Crippen LogP contribution in [0.1, 0.15) is 70.6 Å². The number of anilines is 1. The van der Waals surface area contributed by atoms with Crippen LogP contribution in [0.2, 0.25) is 0 Å². The highest BCUT2D eigenvalue weighted by molar-refractivity contribution is 5.77. The molecule has 0 aromatic carbocycles. The highest BCUT2D eigenvalue weighted by atomic mass is 16.2. The number of pyridine rings is 1. The van der Waals surface area contributed by atoms with Gasteiger partial charge in [-0.2, -0.15) is 0 Å². The van der Waals surface area contributed by atoms with E-state index in [-0.39, 0.29) is 5.91 Å². The number of likely N-dealkylation sites (tertiary alicyclic amines) is 1. The van der Waals surface area contributed by atoms with Crippen molar-refractivity contribution in [3.63, 3.8) is 0 Å². The van der Waals surface area contributed by atoms with E-state index in [4.69, 9.17) is 0 Å². The van der Waals surface area contributed by atoms with Gasteiger partial charge >= 0.3 is 0 Å². The Balaban J connectivity index is 1.15. The van der Waals surface area contributed by atoms with Crippen molar-refractivity contribution in [2.45, 2.75) is 70.6 Å². The molecule has 3 fully saturated rings. The van der Waals surface area contributed by atoms with Crippen molar-refractivity contribution in [2.24, 2.45) is 11.8 Å². The Hall–Kier alpha value is -2.11. The molecule has 176 valence electrons. The van der Waals surface area contributed by atoms with Crippen LogP contribution in [0.4, 0.5) is 5.82 Å². The molecule has 1 aliphatic carbocycles. The fraction of sp³-hybridized carbons (Fsp3) is 0.731. The van der Waals surface area contributed by atoms with Gasteiger partial charge in [-0.25, -0.2) is 4.98 Å². The lowest BCUT2D eigenvalue weighted by Crippen LogP contribution is -2.49. The van der Waals surface area contributed by atoms with Crippen molar-refractivity contribution in [1.29, 1.82) is 0 Å². The molecule has 0 bridgehead atoms. The maximum Gasteiger partial charge on any atom is 0.222 e. The Labute approximate surface area is 193 Å². The van der Waals surface area contributed by atoms with E-state index in [0.29, 0.717) is 18.2 Å². The lowest BCUT2D eigenvalue weighted by Gasteiger charge is -2.36. The number of amides is 2. The number of carbonyl (C=O) groups is 2. The first-order valence-corrected chi connectivity index (χ1v) is 12.9. The molecule has 2 saturated heterocycles. The normalized spacial score (nSPS) is 22.8. The average Bonchev–Trinajstić information content (AvgIpc) is 2.87. The molecule has 4 rings (SSSR count). The third-order valence-electron chi connectivity index (χ3n) is 7.73. The Bertz CT molecular complexity index is 727. The lowest BCUT2D eigenvalue weighted by atomic mass is 9.86. The summed E-state index contributed by atoms with van der Waals surface area (Å²) in [6.07, 6.45) is 14.0. The van der Waals surface area contributed by atoms with Gasteiger partial charge in [0, 0.05) is 58.3 Å². The van der Waals surface area contributed by atoms with Crippen LogP contribution in [0, 0.1) is 11.8 Å². The van der Waals surface area contributed by atoms with Gasteiger partial charge in [0.05, 0.1) is 0 Å². The molecule has 1 saturated carbocycles. The summed E-state index contributed by atoms with van der Waals surface area (Å²) in [7, 11) is 0. The molecule has 1 atom stereocenters. The third-order valence-corrected chi connectivity index (χ3v) is 7.73. The number of piperidine rings is 1. The highest BCUT2D eigenvalue weighted by Crippen LogP contribution is 2.28. The van der Waals surface area contributed by atoms with Crippen LogP contribution in [-0.4, -0.2) is 65.9 Å². The van der Waals surface area contributed by atoms with Gasteiger partial charge in [0.15, 0.2) is 0 Å². The molecule has 0 radical (unpaired) electrons. The van der Waals surface area contributed by atoms with Crippen molar-refractivity contribution >= 4 is 17.6 Å². The van der Waals surface area contributed by atoms with Gasteiger partial charge in [0.2, 0.25) is 11.8 Å². The van der Waals surface area contributed by atoms with Crippen LogP contribution < -0.4 is 4.90 Å². The molecule has 1 unspecified atom stereocenters. The van der Waals surface area contributed by atoms with Crippen molar-refractivity contribution in [2.75, 3.05) is 44.2 Å². The van der Waals surface area contributed by atoms with Crippen molar-refractivity contribution in [3.8, 4) is 0 Å². The molecule has 2 amide bonds. The van der Waals surface area contributed by atoms with E-state index in [2.05, 4.69) is 14.8 Å². The Morgan fingerprint density at radius 3 is 2.19 bits per heavy atom. The summed E-state index contributed by atoms with van der Waals surface area (Å²) in [4.78, 5) is 36.3. The zero-order valence-electron chi connectivity index (χ0n) is 19.6. The smallest absolute Gasteiger partial charge is 0.222 e. The summed E-state index contributed by atoms with van der Waals surface area (Å²) in [5, 5.41) is 0. The average molecular weight is 441 g/mol. The maximum atomic E-state index is 12.8. The minimum atomic E-state index is 0.270. The molecule has 0 N–H and O–H groups in total. The number of hydrogen-bond donors (Lipinski definition) is 0. The van der Waals surface area contributed by atoms with Crippen LogP contribution in [-0.2, 0) is 9.59 Å². The van der Waals surface area contributed by atoms with Crippen molar-refractivity contribution in [1.82, 2.24) is 14.8 Å². The minimum absolute atomic E-state index is 0.270. The van der Waals surface area contributed by atoms with Gasteiger partial charge in [-0.1, -0.05) is 38.2 Å². The maximum absolute atomic E-state index is 12.8. The van der Waals surface area contributed by atoms with Crippen molar-refractivity contribution in [3.05, 3.63) is 24.4 Å². The fourth-order valence-corrected chi connectivity index (χ4v) is 5.70. The molecule has 6 nitrogen and oxygen atoms in total. The second-order valence-corrected chi connectivity index (χ2v) is 9.99. The second-order valence-electron chi connectivity index (χ2n) is 9.99. The number of piperazine rings is 1. The van der Waals surface area contributed by atoms with Crippen LogP contribution in [0.5, 0.6) is 0 Å². The van der Waals surface area contributed by atoms with Crippen LogP contribution in [0.3, 0.4) is 0 Å². The number of nitrogens with zero attached hydrogens (tertiary/aromatic N) is 4. The predicted molar refractivity (Wildman–Crippen MR) is 127 cm³/mol. The molecule has 3 aliphatic rings. The predicted octanol–water partition coefficient (Wildman–Crippen LogP) is 4.11. The zero-order chi connectivity index (χ0) is 22.2. The summed E-state index contributed by atoms with van der Waals surface area (Å²) >= 11 is 0. The molecule has 6 heteroatoms. The monoisotopic (exact) mass is 440 g/mol. The van der Waals surface area contributed by atoms with Crippen LogP contribution in [0.15, 0.2) is 24.4 Å². The van der Waals surface area contributed by atoms with E-state index in [1.807, 2.05) is 29.3 Å². The van der Waals surface area contributed by atoms with Gasteiger partial charge < -0.3 is 14.7 Å². The van der Waals surface area contributed by atoms with Crippen LogP contribution >= 0.6 is 0 Å². The molecular formula is C26H40N4O2. The number of aromatic nitrogens is 1. The molecule has 0 spiro atoms. The molecule has 1 aromatic heterocycles. The lowest BCUT2D eigenvalue weighted by molar-refractivity contribution is -0.133. The van der Waals surface area contributed by atoms with E-state index in [1.54, 1.807) is 0 Å². The van der Waals surface area contributed by atoms with E-state index >= 15 is 0 Å². The first kappa shape index (κ1) is 23.1. The van der Waals surface area contributed by atoms with E-state index in [0.717, 1.165) is 83.1 Å². The van der Waals surface area contributed by atoms with Gasteiger partial charge in [0.1, 0.15) is 5.82 Å². The summed E-state index contributed by atoms with van der Waals surface area (Å²) in [5.74, 6) is 2.85. The molecule has 32 heavy (non-hydrogen) atoms. The van der Waals surface area contributed by atoms with Gasteiger partial charge in [0.25, 0.3) is 0 Å². The minimum Gasteiger partial charge on any atom is -0.353 e. The van der Waals surface area contributed by atoms with Gasteiger partial charge in [-0.05, 0) is 49.7 Å². The van der Waals surface area contributed by atoms with Gasteiger partial charge in [-0.15, -0.1) is 0 Å². The van der Waals surface area contributed by atoms with E-state index in [1.165, 1.54) is 32.1 Å². The Kier molecular flexibility index (Phi) is 8.41. The molecule has 2 aliphatic heterocycles. The standard InChI is InChI=1S/C26H40N4O2/c31-25(29-19-17-28(18-20-29)24-10-4-5-15-27-24)14-12-23-9-6-16-30(21-23)26(32)13-11-22-7-2-1-3-8-22/h4-5,10,15,22-23H,1-3,6-9,11-14,16-21H2. The highest BCUT2D eigenvalue weighted by Gasteiger charge is 2.27. The fourth-order valence-electron chi connectivity index (χ4n) is 5.70. The zero-order valence-corrected chi connectivity index (χ0v) is 19.6. The Morgan fingerprint density at radius 1 is 0.781 bits per heavy atom. The summed E-state index contributed by atoms with van der Waals surface area (Å²) < 4.78 is 0. The first-order chi connectivity index (χ1) is 15.7. The van der Waals surface area contributed by atoms with Gasteiger partial charge in [-0.3, -0.25) is 9.59 Å². The molecular weight excluding hydrogens is 400 g/mol. The SMILES string of the molecule is O=C(CCC1CCCN(C(=O)CCC2CCCCC2)C1)N1CCN(c2ccccn2)CC1. The summed E-state index contributed by atoms with van der Waals surface area (Å²) in [6.45, 7) is 4.98. The third kappa shape index (κ3) is 6.46. The largest absolute Gasteiger partial charge is 0.353 e. The molecule has 1 aromatic rings. The van der Waals surface area contributed by atoms with E-state index in [9.17, 15) is 9.59 Å². The van der Waals surface area contributed by atoms with Crippen molar-refractivity contribution < 1.29 is 9.59 Å². The second kappa shape index (κ2) is 11.7. The molecule has 3 heterocycles. The summed E-state index contributed by atoms with van der Waals surface area (Å²) in [6, 6.07) is 5.97. The van der Waals surface area contributed by atoms with Crippen LogP contribution in [0.25, 0.3) is 0 Å². The topological polar surface area (TPSA) is 56.8 Å². The number of hydrogen-bond acceptors (Lipinski definition) is 4.